The van der Waals surface area contributed by atoms with Crippen molar-refractivity contribution in [1.29, 1.82) is 0 Å². The van der Waals surface area contributed by atoms with Gasteiger partial charge < -0.3 is 24.2 Å². The maximum atomic E-state index is 13.8. The van der Waals surface area contributed by atoms with Crippen LogP contribution in [0.4, 0.5) is 0 Å². The lowest BCUT2D eigenvalue weighted by Gasteiger charge is -2.49. The van der Waals surface area contributed by atoms with Crippen molar-refractivity contribution in [3.05, 3.63) is 23.3 Å². The maximum Gasteiger partial charge on any atom is 0.338 e. The predicted octanol–water partition coefficient (Wildman–Crippen LogP) is 0.0254. The Labute approximate surface area is 153 Å². The Kier molecular flexibility index (Phi) is 4.53. The summed E-state index contributed by atoms with van der Waals surface area (Å²) in [6.45, 7) is 5.66. The fraction of sp³-hybridized carbons (Fsp3) is 0.684. The summed E-state index contributed by atoms with van der Waals surface area (Å²) in [5.41, 5.74) is -2.67. The molecule has 7 heteroatoms. The molecule has 0 amide bonds. The van der Waals surface area contributed by atoms with Gasteiger partial charge in [-0.25, -0.2) is 9.59 Å². The summed E-state index contributed by atoms with van der Waals surface area (Å²) >= 11 is 0. The van der Waals surface area contributed by atoms with Crippen LogP contribution in [0.3, 0.4) is 0 Å². The van der Waals surface area contributed by atoms with Gasteiger partial charge in [-0.1, -0.05) is 13.0 Å². The van der Waals surface area contributed by atoms with Crippen molar-refractivity contribution in [3.63, 3.8) is 0 Å². The number of cyclic esters (lactones) is 1. The molecular weight excluding hydrogens is 338 g/mol. The fourth-order valence-corrected chi connectivity index (χ4v) is 4.19. The number of carbonyl (C=O) groups excluding carboxylic acids is 2. The van der Waals surface area contributed by atoms with Gasteiger partial charge in [0.25, 0.3) is 0 Å². The van der Waals surface area contributed by atoms with Crippen molar-refractivity contribution >= 4 is 11.9 Å². The second-order valence-corrected chi connectivity index (χ2v) is 8.05. The van der Waals surface area contributed by atoms with Crippen molar-refractivity contribution in [2.45, 2.75) is 51.0 Å². The zero-order valence-electron chi connectivity index (χ0n) is 15.8. The lowest BCUT2D eigenvalue weighted by molar-refractivity contribution is -1.01. The Hall–Kier alpha value is -1.70. The summed E-state index contributed by atoms with van der Waals surface area (Å²) in [5.74, 6) is -1.88. The van der Waals surface area contributed by atoms with E-state index in [0.29, 0.717) is 30.7 Å². The quantitative estimate of drug-likeness (QED) is 0.282. The third-order valence-electron chi connectivity index (χ3n) is 6.44. The van der Waals surface area contributed by atoms with Crippen LogP contribution in [0.25, 0.3) is 0 Å². The van der Waals surface area contributed by atoms with E-state index in [-0.39, 0.29) is 17.5 Å². The average Bonchev–Trinajstić information content (AvgIpc) is 2.98. The molecule has 2 fully saturated rings. The number of aliphatic hydroxyl groups is 1. The second-order valence-electron chi connectivity index (χ2n) is 8.05. The molecule has 5 atom stereocenters. The number of allylic oxidation sites excluding steroid dienone is 1. The highest BCUT2D eigenvalue weighted by Gasteiger charge is 2.58. The van der Waals surface area contributed by atoms with Crippen molar-refractivity contribution in [3.8, 4) is 0 Å². The van der Waals surface area contributed by atoms with Crippen LogP contribution in [0.15, 0.2) is 23.3 Å². The molecule has 2 unspecified atom stereocenters. The smallest absolute Gasteiger partial charge is 0.338 e. The summed E-state index contributed by atoms with van der Waals surface area (Å²) in [6, 6.07) is 0. The van der Waals surface area contributed by atoms with E-state index in [1.54, 1.807) is 26.0 Å². The van der Waals surface area contributed by atoms with Gasteiger partial charge in [0.1, 0.15) is 6.61 Å². The molecule has 1 N–H and O–H groups in total. The maximum absolute atomic E-state index is 13.8. The number of quaternary nitrogens is 1. The third kappa shape index (κ3) is 2.61. The number of hydrogen-bond acceptors (Lipinski definition) is 6. The largest absolute Gasteiger partial charge is 0.797 e. The second kappa shape index (κ2) is 6.18. The van der Waals surface area contributed by atoms with Crippen LogP contribution in [0, 0.1) is 5.92 Å². The molecule has 7 nitrogen and oxygen atoms in total. The molecule has 3 aliphatic rings. The van der Waals surface area contributed by atoms with Crippen LogP contribution in [0.1, 0.15) is 33.6 Å². The van der Waals surface area contributed by atoms with E-state index in [9.17, 15) is 19.8 Å². The monoisotopic (exact) mass is 365 g/mol. The van der Waals surface area contributed by atoms with Crippen LogP contribution in [-0.4, -0.2) is 65.7 Å². The average molecular weight is 365 g/mol. The molecule has 0 saturated carbocycles. The van der Waals surface area contributed by atoms with Gasteiger partial charge in [0.2, 0.25) is 0 Å². The van der Waals surface area contributed by atoms with Crippen molar-refractivity contribution in [2.75, 3.05) is 26.7 Å². The molecule has 0 aliphatic carbocycles. The summed E-state index contributed by atoms with van der Waals surface area (Å²) in [5, 5.41) is 24.4. The van der Waals surface area contributed by atoms with Crippen LogP contribution in [0.5, 0.6) is 0 Å². The fourth-order valence-electron chi connectivity index (χ4n) is 4.19. The van der Waals surface area contributed by atoms with Gasteiger partial charge >= 0.3 is 11.9 Å². The van der Waals surface area contributed by atoms with Gasteiger partial charge in [-0.15, -0.1) is 0 Å². The van der Waals surface area contributed by atoms with E-state index in [0.717, 1.165) is 0 Å². The minimum atomic E-state index is -1.77. The molecule has 3 aliphatic heterocycles. The molecule has 3 rings (SSSR count). The lowest BCUT2D eigenvalue weighted by atomic mass is 9.85. The van der Waals surface area contributed by atoms with E-state index in [1.165, 1.54) is 6.92 Å². The minimum absolute atomic E-state index is 0.158. The van der Waals surface area contributed by atoms with Gasteiger partial charge in [-0.05, 0) is 32.3 Å². The van der Waals surface area contributed by atoms with Crippen molar-refractivity contribution in [2.24, 2.45) is 5.92 Å². The number of carbonyl (C=O) groups is 2. The topological polar surface area (TPSA) is 95.9 Å². The highest BCUT2D eigenvalue weighted by atomic mass is 16.6. The highest BCUT2D eigenvalue weighted by molar-refractivity contribution is 5.89. The standard InChI is InChI=1S/C19H27NO6/c1-5-13-10-12(2)18(3,23)17(22)25-11-14-6-8-20(4)9-7-15(19(14,20)24)26-16(13)21/h5-6,12,15,23H,7-11H2,1-4H3/b13-5+/t12-,15-,18-,19?,20?/m1/s1. The number of hydrogen-bond donors (Lipinski definition) is 1. The van der Waals surface area contributed by atoms with E-state index in [2.05, 4.69) is 0 Å². The number of rotatable bonds is 0. The number of nitrogens with zero attached hydrogens (tertiary/aromatic N) is 1. The van der Waals surface area contributed by atoms with E-state index in [1.807, 2.05) is 7.05 Å². The Balaban J connectivity index is 2.01. The van der Waals surface area contributed by atoms with Crippen LogP contribution in [0.2, 0.25) is 0 Å². The normalized spacial score (nSPS) is 45.3. The Morgan fingerprint density at radius 2 is 2.12 bits per heavy atom. The molecule has 0 aromatic carbocycles. The Morgan fingerprint density at radius 3 is 2.77 bits per heavy atom. The lowest BCUT2D eigenvalue weighted by Crippen LogP contribution is -2.69. The molecule has 0 spiro atoms. The first kappa shape index (κ1) is 19.1. The minimum Gasteiger partial charge on any atom is -0.797 e. The van der Waals surface area contributed by atoms with Crippen LogP contribution in [-0.2, 0) is 19.1 Å². The number of ether oxygens (including phenoxy) is 2. The van der Waals surface area contributed by atoms with Gasteiger partial charge in [-0.3, -0.25) is 0 Å². The summed E-state index contributed by atoms with van der Waals surface area (Å²) < 4.78 is 11.2. The molecule has 144 valence electrons. The zero-order chi connectivity index (χ0) is 19.3. The molecular formula is C19H27NO6. The third-order valence-corrected chi connectivity index (χ3v) is 6.44. The first-order valence-corrected chi connectivity index (χ1v) is 9.06. The van der Waals surface area contributed by atoms with Gasteiger partial charge in [0.15, 0.2) is 11.7 Å². The molecule has 0 aromatic rings. The summed E-state index contributed by atoms with van der Waals surface area (Å²) in [4.78, 5) is 25.1. The summed E-state index contributed by atoms with van der Waals surface area (Å²) in [7, 11) is 1.84. The first-order chi connectivity index (χ1) is 12.1. The molecule has 0 radical (unpaired) electrons. The van der Waals surface area contributed by atoms with E-state index >= 15 is 0 Å². The Morgan fingerprint density at radius 1 is 1.42 bits per heavy atom. The van der Waals surface area contributed by atoms with Crippen LogP contribution >= 0.6 is 0 Å². The Bertz CT molecular complexity index is 696. The molecule has 3 heterocycles. The van der Waals surface area contributed by atoms with Gasteiger partial charge in [0.05, 0.1) is 25.9 Å². The van der Waals surface area contributed by atoms with Crippen molar-refractivity contribution in [1.82, 2.24) is 0 Å². The molecule has 26 heavy (non-hydrogen) atoms. The molecule has 0 bridgehead atoms. The summed E-state index contributed by atoms with van der Waals surface area (Å²) in [6.07, 6.45) is 3.21. The number of esters is 2. The molecule has 2 saturated heterocycles. The number of likely N-dealkylation sites (N-methyl/N-ethyl adjacent to an activating group) is 1. The predicted molar refractivity (Wildman–Crippen MR) is 90.4 cm³/mol. The SMILES string of the molecule is C/C=C1\C[C@@H](C)[C@@](C)(O)C(=O)OCC2=CC[N+]3(C)CC[C@@H](OC1=O)C23[O-]. The van der Waals surface area contributed by atoms with Gasteiger partial charge in [-0.2, -0.15) is 0 Å². The van der Waals surface area contributed by atoms with Crippen molar-refractivity contribution < 1.29 is 33.8 Å². The highest BCUT2D eigenvalue weighted by Crippen LogP contribution is 2.43. The van der Waals surface area contributed by atoms with E-state index < -0.39 is 35.3 Å². The zero-order valence-corrected chi connectivity index (χ0v) is 15.8. The van der Waals surface area contributed by atoms with Crippen LogP contribution < -0.4 is 5.11 Å². The van der Waals surface area contributed by atoms with Gasteiger partial charge in [0, 0.05) is 17.6 Å². The molecule has 0 aromatic heterocycles. The first-order valence-electron chi connectivity index (χ1n) is 9.06. The van der Waals surface area contributed by atoms with E-state index in [4.69, 9.17) is 9.47 Å².